The van der Waals surface area contributed by atoms with Gasteiger partial charge in [-0.1, -0.05) is 12.2 Å². The SMILES string of the molecule is COc1ccc(OC)c(/C=C/c2cc(-c3cc(OC)ccc3OC)nc3cc4c(cc23)OCO4)c1. The van der Waals surface area contributed by atoms with Crippen LogP contribution in [-0.4, -0.2) is 40.2 Å². The summed E-state index contributed by atoms with van der Waals surface area (Å²) in [7, 11) is 6.56. The summed E-state index contributed by atoms with van der Waals surface area (Å²) in [5, 5.41) is 0.929. The van der Waals surface area contributed by atoms with Crippen LogP contribution < -0.4 is 28.4 Å². The van der Waals surface area contributed by atoms with Crippen molar-refractivity contribution >= 4 is 23.1 Å². The number of methoxy groups -OCH3 is 4. The van der Waals surface area contributed by atoms with Crippen molar-refractivity contribution < 1.29 is 28.4 Å². The molecule has 3 aromatic carbocycles. The predicted octanol–water partition coefficient (Wildman–Crippen LogP) is 5.84. The third kappa shape index (κ3) is 4.28. The first kappa shape index (κ1) is 22.4. The van der Waals surface area contributed by atoms with Crippen LogP contribution >= 0.6 is 0 Å². The highest BCUT2D eigenvalue weighted by Crippen LogP contribution is 2.40. The van der Waals surface area contributed by atoms with Gasteiger partial charge in [-0.3, -0.25) is 0 Å². The lowest BCUT2D eigenvalue weighted by Gasteiger charge is -2.13. The van der Waals surface area contributed by atoms with E-state index in [1.807, 2.05) is 66.7 Å². The molecule has 0 saturated heterocycles. The molecule has 1 aliphatic rings. The van der Waals surface area contributed by atoms with Gasteiger partial charge < -0.3 is 28.4 Å². The molecule has 4 aromatic rings. The van der Waals surface area contributed by atoms with Gasteiger partial charge in [0.25, 0.3) is 0 Å². The average molecular weight is 472 g/mol. The van der Waals surface area contributed by atoms with Gasteiger partial charge in [-0.2, -0.15) is 0 Å². The van der Waals surface area contributed by atoms with Crippen LogP contribution in [-0.2, 0) is 0 Å². The van der Waals surface area contributed by atoms with E-state index < -0.39 is 0 Å². The molecule has 0 saturated carbocycles. The van der Waals surface area contributed by atoms with E-state index in [1.165, 1.54) is 0 Å². The Hall–Kier alpha value is -4.39. The molecule has 7 nitrogen and oxygen atoms in total. The van der Waals surface area contributed by atoms with Crippen LogP contribution in [0, 0.1) is 0 Å². The molecule has 2 heterocycles. The second-order valence-electron chi connectivity index (χ2n) is 7.83. The monoisotopic (exact) mass is 471 g/mol. The fourth-order valence-electron chi connectivity index (χ4n) is 4.08. The molecular formula is C28H25NO6. The Morgan fingerprint density at radius 3 is 2.06 bits per heavy atom. The van der Waals surface area contributed by atoms with Crippen molar-refractivity contribution in [3.05, 3.63) is 65.7 Å². The molecule has 35 heavy (non-hydrogen) atoms. The summed E-state index contributed by atoms with van der Waals surface area (Å²) in [4.78, 5) is 4.93. The number of rotatable bonds is 7. The molecule has 0 radical (unpaired) electrons. The largest absolute Gasteiger partial charge is 0.497 e. The number of nitrogens with zero attached hydrogens (tertiary/aromatic N) is 1. The molecule has 178 valence electrons. The van der Waals surface area contributed by atoms with Crippen molar-refractivity contribution in [2.24, 2.45) is 0 Å². The normalized spacial score (nSPS) is 12.2. The van der Waals surface area contributed by atoms with Crippen LogP contribution in [0.25, 0.3) is 34.3 Å². The van der Waals surface area contributed by atoms with Crippen molar-refractivity contribution in [2.75, 3.05) is 35.2 Å². The maximum absolute atomic E-state index is 5.63. The summed E-state index contributed by atoms with van der Waals surface area (Å²) in [6.45, 7) is 0.189. The number of benzene rings is 3. The first-order valence-electron chi connectivity index (χ1n) is 11.0. The number of hydrogen-bond acceptors (Lipinski definition) is 7. The molecule has 0 unspecified atom stereocenters. The number of hydrogen-bond donors (Lipinski definition) is 0. The van der Waals surface area contributed by atoms with E-state index in [2.05, 4.69) is 0 Å². The Labute approximate surface area is 203 Å². The Kier molecular flexibility index (Phi) is 6.06. The van der Waals surface area contributed by atoms with Gasteiger partial charge in [-0.05, 0) is 54.1 Å². The number of ether oxygens (including phenoxy) is 6. The van der Waals surface area contributed by atoms with Crippen molar-refractivity contribution in [2.45, 2.75) is 0 Å². The van der Waals surface area contributed by atoms with E-state index >= 15 is 0 Å². The van der Waals surface area contributed by atoms with Gasteiger partial charge in [0, 0.05) is 22.6 Å². The van der Waals surface area contributed by atoms with E-state index in [0.29, 0.717) is 23.0 Å². The van der Waals surface area contributed by atoms with Crippen LogP contribution in [0.3, 0.4) is 0 Å². The van der Waals surface area contributed by atoms with Crippen LogP contribution in [0.2, 0.25) is 0 Å². The van der Waals surface area contributed by atoms with Gasteiger partial charge in [0.15, 0.2) is 11.5 Å². The van der Waals surface area contributed by atoms with Crippen LogP contribution in [0.4, 0.5) is 0 Å². The summed E-state index contributed by atoms with van der Waals surface area (Å²) in [5.74, 6) is 4.26. The Morgan fingerprint density at radius 2 is 1.34 bits per heavy atom. The molecule has 0 spiro atoms. The highest BCUT2D eigenvalue weighted by atomic mass is 16.7. The molecule has 0 fully saturated rings. The Balaban J connectivity index is 1.71. The second kappa shape index (κ2) is 9.46. The Morgan fingerprint density at radius 1 is 0.686 bits per heavy atom. The van der Waals surface area contributed by atoms with E-state index in [9.17, 15) is 0 Å². The minimum atomic E-state index is 0.189. The van der Waals surface area contributed by atoms with Crippen molar-refractivity contribution in [3.8, 4) is 45.8 Å². The lowest BCUT2D eigenvalue weighted by atomic mass is 10.0. The molecular weight excluding hydrogens is 446 g/mol. The molecule has 5 rings (SSSR count). The number of aromatic nitrogens is 1. The highest BCUT2D eigenvalue weighted by Gasteiger charge is 2.18. The summed E-state index contributed by atoms with van der Waals surface area (Å²) in [6, 6.07) is 17.2. The van der Waals surface area contributed by atoms with E-state index in [4.69, 9.17) is 33.4 Å². The van der Waals surface area contributed by atoms with Gasteiger partial charge in [-0.25, -0.2) is 4.98 Å². The van der Waals surface area contributed by atoms with Gasteiger partial charge in [0.05, 0.1) is 39.6 Å². The summed E-state index contributed by atoms with van der Waals surface area (Å²) >= 11 is 0. The lowest BCUT2D eigenvalue weighted by Crippen LogP contribution is -1.94. The maximum Gasteiger partial charge on any atom is 0.231 e. The zero-order valence-corrected chi connectivity index (χ0v) is 20.0. The molecule has 0 atom stereocenters. The van der Waals surface area contributed by atoms with Gasteiger partial charge >= 0.3 is 0 Å². The summed E-state index contributed by atoms with van der Waals surface area (Å²) in [5.41, 5.74) is 4.16. The topological polar surface area (TPSA) is 68.3 Å². The minimum absolute atomic E-state index is 0.189. The lowest BCUT2D eigenvalue weighted by molar-refractivity contribution is 0.174. The number of pyridine rings is 1. The van der Waals surface area contributed by atoms with Crippen LogP contribution in [0.1, 0.15) is 11.1 Å². The molecule has 0 amide bonds. The van der Waals surface area contributed by atoms with Gasteiger partial charge in [-0.15, -0.1) is 0 Å². The molecule has 1 aliphatic heterocycles. The maximum atomic E-state index is 5.63. The molecule has 7 heteroatoms. The third-order valence-electron chi connectivity index (χ3n) is 5.90. The fourth-order valence-corrected chi connectivity index (χ4v) is 4.08. The third-order valence-corrected chi connectivity index (χ3v) is 5.90. The van der Waals surface area contributed by atoms with E-state index in [1.54, 1.807) is 28.4 Å². The average Bonchev–Trinajstić information content (AvgIpc) is 3.37. The van der Waals surface area contributed by atoms with Crippen molar-refractivity contribution in [1.29, 1.82) is 0 Å². The second-order valence-corrected chi connectivity index (χ2v) is 7.83. The summed E-state index contributed by atoms with van der Waals surface area (Å²) in [6.07, 6.45) is 4.02. The highest BCUT2D eigenvalue weighted by molar-refractivity contribution is 5.95. The number of fused-ring (bicyclic) bond motifs is 2. The quantitative estimate of drug-likeness (QED) is 0.336. The standard InChI is InChI=1S/C28H25NO6/c1-30-19-7-9-25(32-3)18(11-19)6-5-17-12-23(22-13-20(31-2)8-10-26(22)33-4)29-24-15-28-27(14-21(17)24)34-16-35-28/h5-15H,16H2,1-4H3/b6-5+. The zero-order chi connectivity index (χ0) is 24.4. The van der Waals surface area contributed by atoms with E-state index in [0.717, 1.165) is 44.8 Å². The smallest absolute Gasteiger partial charge is 0.231 e. The fraction of sp³-hybridized carbons (Fsp3) is 0.179. The van der Waals surface area contributed by atoms with E-state index in [-0.39, 0.29) is 6.79 Å². The van der Waals surface area contributed by atoms with Crippen molar-refractivity contribution in [3.63, 3.8) is 0 Å². The minimum Gasteiger partial charge on any atom is -0.497 e. The Bertz CT molecular complexity index is 1430. The first-order valence-corrected chi connectivity index (χ1v) is 11.0. The van der Waals surface area contributed by atoms with Crippen LogP contribution in [0.5, 0.6) is 34.5 Å². The van der Waals surface area contributed by atoms with Gasteiger partial charge in [0.2, 0.25) is 6.79 Å². The van der Waals surface area contributed by atoms with Gasteiger partial charge in [0.1, 0.15) is 23.0 Å². The first-order chi connectivity index (χ1) is 17.1. The molecule has 1 aromatic heterocycles. The predicted molar refractivity (Wildman–Crippen MR) is 135 cm³/mol. The zero-order valence-electron chi connectivity index (χ0n) is 20.0. The molecule has 0 aliphatic carbocycles. The molecule has 0 N–H and O–H groups in total. The van der Waals surface area contributed by atoms with Crippen LogP contribution in [0.15, 0.2) is 54.6 Å². The van der Waals surface area contributed by atoms with Crippen molar-refractivity contribution in [1.82, 2.24) is 4.98 Å². The molecule has 0 bridgehead atoms. The summed E-state index contributed by atoms with van der Waals surface area (Å²) < 4.78 is 33.2.